The van der Waals surface area contributed by atoms with Crippen LogP contribution in [0.2, 0.25) is 0 Å². The fraction of sp³-hybridized carbons (Fsp3) is 0.0769. The van der Waals surface area contributed by atoms with Gasteiger partial charge in [0.05, 0.1) is 18.2 Å². The number of benzene rings is 2. The molecule has 0 amide bonds. The van der Waals surface area contributed by atoms with E-state index >= 15 is 0 Å². The smallest absolute Gasteiger partial charge is 0.193 e. The maximum Gasteiger partial charge on any atom is 0.193 e. The fourth-order valence-corrected chi connectivity index (χ4v) is 1.98. The van der Waals surface area contributed by atoms with E-state index in [1.807, 2.05) is 30.3 Å². The number of aromatic nitrogens is 4. The normalized spacial score (nSPS) is 10.3. The van der Waals surface area contributed by atoms with Gasteiger partial charge in [0.15, 0.2) is 5.82 Å². The van der Waals surface area contributed by atoms with Crippen LogP contribution in [0.3, 0.4) is 0 Å². The van der Waals surface area contributed by atoms with Crippen LogP contribution in [0.5, 0.6) is 0 Å². The summed E-state index contributed by atoms with van der Waals surface area (Å²) in [6, 6.07) is 13.7. The summed E-state index contributed by atoms with van der Waals surface area (Å²) in [5.74, 6) is 0.591. The van der Waals surface area contributed by atoms with E-state index in [0.29, 0.717) is 17.9 Å². The van der Waals surface area contributed by atoms with Gasteiger partial charge in [-0.05, 0) is 12.1 Å². The highest BCUT2D eigenvalue weighted by molar-refractivity contribution is 5.97. The van der Waals surface area contributed by atoms with Crippen LogP contribution in [0.4, 0.5) is 5.69 Å². The molecule has 3 aromatic rings. The molecule has 0 atom stereocenters. The Balaban J connectivity index is 1.98. The van der Waals surface area contributed by atoms with E-state index in [2.05, 4.69) is 32.0 Å². The minimum Gasteiger partial charge on any atom is -0.377 e. The zero-order valence-corrected chi connectivity index (χ0v) is 9.96. The molecule has 0 aliphatic carbocycles. The Morgan fingerprint density at radius 2 is 2.00 bits per heavy atom. The van der Waals surface area contributed by atoms with Gasteiger partial charge in [0, 0.05) is 16.5 Å². The quantitative estimate of drug-likeness (QED) is 0.740. The first kappa shape index (κ1) is 11.2. The first-order valence-corrected chi connectivity index (χ1v) is 5.76. The van der Waals surface area contributed by atoms with Crippen molar-refractivity contribution < 1.29 is 0 Å². The Hall–Kier alpha value is -2.94. The van der Waals surface area contributed by atoms with Gasteiger partial charge in [0.25, 0.3) is 0 Å². The van der Waals surface area contributed by atoms with Crippen molar-refractivity contribution in [2.45, 2.75) is 6.54 Å². The van der Waals surface area contributed by atoms with E-state index in [-0.39, 0.29) is 0 Å². The molecule has 0 saturated heterocycles. The molecular weight excluding hydrogens is 240 g/mol. The van der Waals surface area contributed by atoms with E-state index in [1.165, 1.54) is 0 Å². The van der Waals surface area contributed by atoms with Crippen molar-refractivity contribution in [2.24, 2.45) is 0 Å². The molecule has 2 aromatic carbocycles. The topological polar surface area (TPSA) is 90.3 Å². The molecule has 0 unspecified atom stereocenters. The molecule has 0 fully saturated rings. The standard InChI is InChI=1S/C13H10N6/c14-7-9-5-6-12(11-4-2-1-3-10(9)11)15-8-13-16-18-19-17-13/h1-6,15H,8H2,(H,16,17,18,19). The first-order valence-electron chi connectivity index (χ1n) is 5.76. The summed E-state index contributed by atoms with van der Waals surface area (Å²) in [7, 11) is 0. The number of hydrogen-bond donors (Lipinski definition) is 2. The summed E-state index contributed by atoms with van der Waals surface area (Å²) in [5.41, 5.74) is 1.61. The van der Waals surface area contributed by atoms with Gasteiger partial charge >= 0.3 is 0 Å². The molecule has 1 aromatic heterocycles. The van der Waals surface area contributed by atoms with E-state index in [9.17, 15) is 0 Å². The molecule has 2 N–H and O–H groups in total. The van der Waals surface area contributed by atoms with Crippen molar-refractivity contribution in [2.75, 3.05) is 5.32 Å². The monoisotopic (exact) mass is 250 g/mol. The first-order chi connectivity index (χ1) is 9.38. The second kappa shape index (κ2) is 4.74. The van der Waals surface area contributed by atoms with E-state index in [0.717, 1.165) is 16.5 Å². The van der Waals surface area contributed by atoms with Crippen LogP contribution < -0.4 is 5.32 Å². The molecule has 6 nitrogen and oxygen atoms in total. The van der Waals surface area contributed by atoms with Crippen molar-refractivity contribution in [1.29, 1.82) is 5.26 Å². The lowest BCUT2D eigenvalue weighted by atomic mass is 10.0. The Labute approximate surface area is 109 Å². The number of tetrazole rings is 1. The van der Waals surface area contributed by atoms with E-state index in [4.69, 9.17) is 5.26 Å². The lowest BCUT2D eigenvalue weighted by Gasteiger charge is -2.09. The van der Waals surface area contributed by atoms with Gasteiger partial charge in [-0.3, -0.25) is 0 Å². The molecule has 0 radical (unpaired) electrons. The SMILES string of the molecule is N#Cc1ccc(NCc2nn[nH]n2)c2ccccc12. The number of aromatic amines is 1. The van der Waals surface area contributed by atoms with Crippen molar-refractivity contribution in [1.82, 2.24) is 20.6 Å². The minimum atomic E-state index is 0.479. The number of rotatable bonds is 3. The van der Waals surface area contributed by atoms with Gasteiger partial charge in [-0.1, -0.05) is 29.5 Å². The third-order valence-electron chi connectivity index (χ3n) is 2.87. The Kier molecular flexibility index (Phi) is 2.79. The van der Waals surface area contributed by atoms with Gasteiger partial charge in [-0.15, -0.1) is 10.2 Å². The number of fused-ring (bicyclic) bond motifs is 1. The number of hydrogen-bond acceptors (Lipinski definition) is 5. The Morgan fingerprint density at radius 1 is 1.16 bits per heavy atom. The van der Waals surface area contributed by atoms with Gasteiger partial charge in [-0.25, -0.2) is 0 Å². The highest BCUT2D eigenvalue weighted by Gasteiger charge is 2.06. The van der Waals surface area contributed by atoms with Crippen LogP contribution >= 0.6 is 0 Å². The summed E-state index contributed by atoms with van der Waals surface area (Å²) in [4.78, 5) is 0. The van der Waals surface area contributed by atoms with Crippen LogP contribution in [0, 0.1) is 11.3 Å². The predicted octanol–water partition coefficient (Wildman–Crippen LogP) is 1.84. The van der Waals surface area contributed by atoms with E-state index in [1.54, 1.807) is 6.07 Å². The summed E-state index contributed by atoms with van der Waals surface area (Å²) >= 11 is 0. The molecule has 19 heavy (non-hydrogen) atoms. The average Bonchev–Trinajstić information content (AvgIpc) is 2.98. The van der Waals surface area contributed by atoms with Gasteiger partial charge in [0.1, 0.15) is 0 Å². The summed E-state index contributed by atoms with van der Waals surface area (Å²) in [6.45, 7) is 0.479. The Morgan fingerprint density at radius 3 is 2.74 bits per heavy atom. The second-order valence-electron chi connectivity index (χ2n) is 4.00. The number of anilines is 1. The van der Waals surface area contributed by atoms with Crippen LogP contribution in [0.15, 0.2) is 36.4 Å². The summed E-state index contributed by atoms with van der Waals surface area (Å²) < 4.78 is 0. The molecule has 92 valence electrons. The predicted molar refractivity (Wildman–Crippen MR) is 70.2 cm³/mol. The molecule has 0 bridgehead atoms. The van der Waals surface area contributed by atoms with Crippen LogP contribution in [-0.4, -0.2) is 20.6 Å². The largest absolute Gasteiger partial charge is 0.377 e. The van der Waals surface area contributed by atoms with Gasteiger partial charge in [-0.2, -0.15) is 10.5 Å². The molecule has 6 heteroatoms. The molecule has 1 heterocycles. The van der Waals surface area contributed by atoms with E-state index < -0.39 is 0 Å². The third-order valence-corrected chi connectivity index (χ3v) is 2.87. The highest BCUT2D eigenvalue weighted by Crippen LogP contribution is 2.26. The summed E-state index contributed by atoms with van der Waals surface area (Å²) in [5, 5.41) is 28.0. The molecule has 0 spiro atoms. The van der Waals surface area contributed by atoms with Gasteiger partial charge < -0.3 is 5.32 Å². The maximum atomic E-state index is 9.10. The van der Waals surface area contributed by atoms with Crippen LogP contribution in [0.1, 0.15) is 11.4 Å². The summed E-state index contributed by atoms with van der Waals surface area (Å²) in [6.07, 6.45) is 0. The van der Waals surface area contributed by atoms with Crippen molar-refractivity contribution in [3.05, 3.63) is 47.8 Å². The zero-order valence-electron chi connectivity index (χ0n) is 9.96. The molecule has 0 saturated carbocycles. The van der Waals surface area contributed by atoms with Crippen molar-refractivity contribution in [3.8, 4) is 6.07 Å². The Bertz CT molecular complexity index is 741. The zero-order chi connectivity index (χ0) is 13.1. The van der Waals surface area contributed by atoms with Crippen LogP contribution in [-0.2, 0) is 6.54 Å². The molecule has 0 aliphatic rings. The number of H-pyrrole nitrogens is 1. The lowest BCUT2D eigenvalue weighted by molar-refractivity contribution is 0.881. The van der Waals surface area contributed by atoms with Gasteiger partial charge in [0.2, 0.25) is 0 Å². The maximum absolute atomic E-state index is 9.10. The molecular formula is C13H10N6. The number of nitrogens with one attached hydrogen (secondary N) is 2. The minimum absolute atomic E-state index is 0.479. The number of nitriles is 1. The molecule has 3 rings (SSSR count). The molecule has 0 aliphatic heterocycles. The van der Waals surface area contributed by atoms with Crippen molar-refractivity contribution >= 4 is 16.5 Å². The van der Waals surface area contributed by atoms with Crippen LogP contribution in [0.25, 0.3) is 10.8 Å². The van der Waals surface area contributed by atoms with Crippen molar-refractivity contribution in [3.63, 3.8) is 0 Å². The third kappa shape index (κ3) is 2.09. The highest BCUT2D eigenvalue weighted by atomic mass is 15.5. The lowest BCUT2D eigenvalue weighted by Crippen LogP contribution is -2.02. The average molecular weight is 250 g/mol. The second-order valence-corrected chi connectivity index (χ2v) is 4.00. The number of nitrogens with zero attached hydrogens (tertiary/aromatic N) is 4. The fourth-order valence-electron chi connectivity index (χ4n) is 1.98.